The van der Waals surface area contributed by atoms with Crippen LogP contribution < -0.4 is 26.0 Å². The highest BCUT2D eigenvalue weighted by atomic mass is 19.4. The van der Waals surface area contributed by atoms with E-state index < -0.39 is 41.1 Å². The van der Waals surface area contributed by atoms with Crippen LogP contribution in [0.25, 0.3) is 11.0 Å². The number of ether oxygens (including phenoxy) is 2. The maximum Gasteiger partial charge on any atom is 0.418 e. The van der Waals surface area contributed by atoms with Gasteiger partial charge in [-0.25, -0.2) is 9.78 Å². The van der Waals surface area contributed by atoms with E-state index in [4.69, 9.17) is 9.47 Å². The molecule has 2 aromatic heterocycles. The monoisotopic (exact) mass is 528 g/mol. The number of carbonyl (C=O) groups excluding carboxylic acids is 1. The number of nitrogens with one attached hydrogen (secondary N) is 1. The Kier molecular flexibility index (Phi) is 7.51. The van der Waals surface area contributed by atoms with Gasteiger partial charge in [0.15, 0.2) is 17.0 Å². The molecule has 0 unspecified atom stereocenters. The first-order chi connectivity index (χ1) is 18.1. The van der Waals surface area contributed by atoms with Gasteiger partial charge in [0, 0.05) is 12.7 Å². The third-order valence-electron chi connectivity index (χ3n) is 5.87. The molecule has 0 spiro atoms. The van der Waals surface area contributed by atoms with Gasteiger partial charge in [0.1, 0.15) is 6.54 Å². The molecule has 0 aliphatic carbocycles. The summed E-state index contributed by atoms with van der Waals surface area (Å²) in [5.41, 5.74) is -2.12. The summed E-state index contributed by atoms with van der Waals surface area (Å²) in [6.45, 7) is -0.679. The van der Waals surface area contributed by atoms with Crippen LogP contribution in [0.3, 0.4) is 0 Å². The van der Waals surface area contributed by atoms with Crippen molar-refractivity contribution in [1.29, 1.82) is 0 Å². The maximum atomic E-state index is 13.4. The Labute approximate surface area is 214 Å². The molecule has 1 amide bonds. The van der Waals surface area contributed by atoms with Crippen molar-refractivity contribution in [3.63, 3.8) is 0 Å². The number of para-hydroxylation sites is 1. The van der Waals surface area contributed by atoms with Crippen LogP contribution in [0.4, 0.5) is 18.9 Å². The zero-order valence-electron chi connectivity index (χ0n) is 20.4. The third-order valence-corrected chi connectivity index (χ3v) is 5.87. The number of nitrogens with zero attached hydrogens (tertiary/aromatic N) is 3. The van der Waals surface area contributed by atoms with Crippen LogP contribution in [-0.4, -0.2) is 34.2 Å². The lowest BCUT2D eigenvalue weighted by molar-refractivity contribution is -0.137. The molecule has 0 bridgehead atoms. The van der Waals surface area contributed by atoms with E-state index in [9.17, 15) is 27.6 Å². The SMILES string of the molecule is COc1ccc(CCn2c(=O)c3ncccc3n(CC(=O)Nc3ccccc3C(F)(F)F)c2=O)cc1OC. The Balaban J connectivity index is 1.67. The van der Waals surface area contributed by atoms with Gasteiger partial charge in [0.25, 0.3) is 5.56 Å². The lowest BCUT2D eigenvalue weighted by atomic mass is 10.1. The molecule has 12 heteroatoms. The van der Waals surface area contributed by atoms with E-state index in [-0.39, 0.29) is 24.0 Å². The first-order valence-electron chi connectivity index (χ1n) is 11.4. The van der Waals surface area contributed by atoms with Crippen molar-refractivity contribution in [3.05, 3.63) is 92.8 Å². The average Bonchev–Trinajstić information content (AvgIpc) is 2.90. The second-order valence-corrected chi connectivity index (χ2v) is 8.23. The Morgan fingerprint density at radius 2 is 1.71 bits per heavy atom. The van der Waals surface area contributed by atoms with Crippen molar-refractivity contribution < 1.29 is 27.4 Å². The summed E-state index contributed by atoms with van der Waals surface area (Å²) in [7, 11) is 2.98. The maximum absolute atomic E-state index is 13.4. The summed E-state index contributed by atoms with van der Waals surface area (Å²) < 4.78 is 52.5. The summed E-state index contributed by atoms with van der Waals surface area (Å²) in [5, 5.41) is 2.22. The predicted molar refractivity (Wildman–Crippen MR) is 134 cm³/mol. The normalized spacial score (nSPS) is 11.4. The molecule has 198 valence electrons. The number of benzene rings is 2. The lowest BCUT2D eigenvalue weighted by Gasteiger charge is -2.16. The molecule has 0 saturated carbocycles. The second-order valence-electron chi connectivity index (χ2n) is 8.23. The van der Waals surface area contributed by atoms with Crippen LogP contribution in [-0.2, 0) is 30.5 Å². The molecular formula is C26H23F3N4O5. The Morgan fingerprint density at radius 1 is 0.974 bits per heavy atom. The fourth-order valence-electron chi connectivity index (χ4n) is 4.04. The van der Waals surface area contributed by atoms with Gasteiger partial charge in [-0.3, -0.25) is 18.7 Å². The van der Waals surface area contributed by atoms with Crippen molar-refractivity contribution in [2.75, 3.05) is 19.5 Å². The van der Waals surface area contributed by atoms with Crippen molar-refractivity contribution in [2.24, 2.45) is 0 Å². The number of aromatic nitrogens is 3. The highest BCUT2D eigenvalue weighted by Crippen LogP contribution is 2.34. The van der Waals surface area contributed by atoms with Gasteiger partial charge >= 0.3 is 11.9 Å². The van der Waals surface area contributed by atoms with Crippen molar-refractivity contribution in [1.82, 2.24) is 14.1 Å². The number of hydrogen-bond acceptors (Lipinski definition) is 6. The van der Waals surface area contributed by atoms with Gasteiger partial charge in [-0.15, -0.1) is 0 Å². The number of aryl methyl sites for hydroxylation is 1. The van der Waals surface area contributed by atoms with Crippen LogP contribution in [0.1, 0.15) is 11.1 Å². The van der Waals surface area contributed by atoms with E-state index in [0.717, 1.165) is 26.8 Å². The number of rotatable bonds is 8. The number of amides is 1. The molecule has 2 heterocycles. The first-order valence-corrected chi connectivity index (χ1v) is 11.4. The van der Waals surface area contributed by atoms with Crippen molar-refractivity contribution in [2.45, 2.75) is 25.7 Å². The minimum Gasteiger partial charge on any atom is -0.493 e. The molecule has 0 saturated heterocycles. The second kappa shape index (κ2) is 10.8. The summed E-state index contributed by atoms with van der Waals surface area (Å²) in [6, 6.07) is 12.6. The molecule has 1 N–H and O–H groups in total. The van der Waals surface area contributed by atoms with Gasteiger partial charge in [-0.05, 0) is 48.4 Å². The molecular weight excluding hydrogens is 505 g/mol. The van der Waals surface area contributed by atoms with E-state index >= 15 is 0 Å². The molecule has 0 aliphatic heterocycles. The number of alkyl halides is 3. The summed E-state index contributed by atoms with van der Waals surface area (Å²) in [6.07, 6.45) is -3.05. The third kappa shape index (κ3) is 5.38. The topological polar surface area (TPSA) is 104 Å². The van der Waals surface area contributed by atoms with Crippen LogP contribution in [0.15, 0.2) is 70.4 Å². The van der Waals surface area contributed by atoms with Crippen molar-refractivity contribution >= 4 is 22.6 Å². The summed E-state index contributed by atoms with van der Waals surface area (Å²) in [5.74, 6) is 0.119. The number of anilines is 1. The molecule has 38 heavy (non-hydrogen) atoms. The smallest absolute Gasteiger partial charge is 0.418 e. The highest BCUT2D eigenvalue weighted by Gasteiger charge is 2.33. The molecule has 9 nitrogen and oxygen atoms in total. The number of carbonyl (C=O) groups is 1. The Hall–Kier alpha value is -4.61. The van der Waals surface area contributed by atoms with Gasteiger partial charge in [0.2, 0.25) is 5.91 Å². The van der Waals surface area contributed by atoms with Crippen LogP contribution in [0.5, 0.6) is 11.5 Å². The molecule has 4 rings (SSSR count). The molecule has 0 radical (unpaired) electrons. The molecule has 0 fully saturated rings. The first kappa shape index (κ1) is 26.5. The fourth-order valence-corrected chi connectivity index (χ4v) is 4.04. The number of pyridine rings is 1. The number of halogens is 3. The van der Waals surface area contributed by atoms with E-state index in [0.29, 0.717) is 11.5 Å². The van der Waals surface area contributed by atoms with Gasteiger partial charge in [-0.1, -0.05) is 18.2 Å². The zero-order valence-corrected chi connectivity index (χ0v) is 20.4. The Morgan fingerprint density at radius 3 is 2.42 bits per heavy atom. The average molecular weight is 528 g/mol. The van der Waals surface area contributed by atoms with E-state index in [1.165, 1.54) is 44.7 Å². The van der Waals surface area contributed by atoms with Gasteiger partial charge < -0.3 is 14.8 Å². The molecule has 0 atom stereocenters. The van der Waals surface area contributed by atoms with E-state index in [1.54, 1.807) is 18.2 Å². The fraction of sp³-hybridized carbons (Fsp3) is 0.231. The number of fused-ring (bicyclic) bond motifs is 1. The van der Waals surface area contributed by atoms with E-state index in [1.807, 2.05) is 0 Å². The Bertz CT molecular complexity index is 1610. The molecule has 2 aromatic carbocycles. The largest absolute Gasteiger partial charge is 0.493 e. The quantitative estimate of drug-likeness (QED) is 0.376. The zero-order chi connectivity index (χ0) is 27.4. The van der Waals surface area contributed by atoms with Crippen LogP contribution in [0.2, 0.25) is 0 Å². The molecule has 4 aromatic rings. The minimum absolute atomic E-state index is 0.0435. The predicted octanol–water partition coefficient (Wildman–Crippen LogP) is 3.48. The lowest BCUT2D eigenvalue weighted by Crippen LogP contribution is -2.42. The standard InChI is InChI=1S/C26H23F3N4O5/c1-37-20-10-9-16(14-21(20)38-2)11-13-32-24(35)23-19(8-5-12-30-23)33(25(32)36)15-22(34)31-18-7-4-3-6-17(18)26(27,28)29/h3-10,12,14H,11,13,15H2,1-2H3,(H,31,34). The van der Waals surface area contributed by atoms with Gasteiger partial charge in [0.05, 0.1) is 31.0 Å². The van der Waals surface area contributed by atoms with Gasteiger partial charge in [-0.2, -0.15) is 13.2 Å². The van der Waals surface area contributed by atoms with Crippen LogP contribution >= 0.6 is 0 Å². The minimum atomic E-state index is -4.69. The number of hydrogen-bond donors (Lipinski definition) is 1. The molecule has 0 aliphatic rings. The highest BCUT2D eigenvalue weighted by molar-refractivity contribution is 5.92. The van der Waals surface area contributed by atoms with E-state index in [2.05, 4.69) is 10.3 Å². The van der Waals surface area contributed by atoms with Crippen LogP contribution in [0, 0.1) is 0 Å². The summed E-state index contributed by atoms with van der Waals surface area (Å²) in [4.78, 5) is 43.3. The number of methoxy groups -OCH3 is 2. The van der Waals surface area contributed by atoms with Crippen molar-refractivity contribution in [3.8, 4) is 11.5 Å². The summed E-state index contributed by atoms with van der Waals surface area (Å²) >= 11 is 0.